The molecular weight excluding hydrogens is 476 g/mol. The predicted molar refractivity (Wildman–Crippen MR) is 139 cm³/mol. The van der Waals surface area contributed by atoms with Crippen LogP contribution in [0.2, 0.25) is 0 Å². The molecule has 170 valence electrons. The molecule has 0 aliphatic heterocycles. The van der Waals surface area contributed by atoms with Crippen molar-refractivity contribution in [1.29, 1.82) is 0 Å². The van der Waals surface area contributed by atoms with E-state index in [1.807, 2.05) is 24.4 Å². The first-order chi connectivity index (χ1) is 16.1. The van der Waals surface area contributed by atoms with Crippen LogP contribution in [0.25, 0.3) is 21.8 Å². The van der Waals surface area contributed by atoms with Crippen LogP contribution >= 0.6 is 15.9 Å². The van der Waals surface area contributed by atoms with E-state index in [1.165, 1.54) is 24.8 Å². The summed E-state index contributed by atoms with van der Waals surface area (Å²) in [5.41, 5.74) is 2.84. The molecule has 0 bridgehead atoms. The number of aromatic nitrogens is 3. The smallest absolute Gasteiger partial charge is 0.282 e. The number of benzene rings is 2. The molecule has 0 radical (unpaired) electrons. The maximum Gasteiger partial charge on any atom is 0.282 e. The molecule has 0 amide bonds. The van der Waals surface area contributed by atoms with Gasteiger partial charge in [0.2, 0.25) is 0 Å². The average molecular weight is 505 g/mol. The molecule has 33 heavy (non-hydrogen) atoms. The molecule has 0 spiro atoms. The third-order valence-electron chi connectivity index (χ3n) is 6.95. The maximum absolute atomic E-state index is 13.6. The molecule has 5 nitrogen and oxygen atoms in total. The molecule has 2 aromatic carbocycles. The Morgan fingerprint density at radius 3 is 2.73 bits per heavy atom. The zero-order chi connectivity index (χ0) is 22.9. The van der Waals surface area contributed by atoms with Crippen molar-refractivity contribution in [1.82, 2.24) is 14.2 Å². The minimum absolute atomic E-state index is 0.108. The fourth-order valence-electron chi connectivity index (χ4n) is 4.92. The summed E-state index contributed by atoms with van der Waals surface area (Å²) in [6.07, 6.45) is 10.7. The van der Waals surface area contributed by atoms with E-state index in [2.05, 4.69) is 64.8 Å². The Balaban J connectivity index is 1.67. The molecule has 1 atom stereocenters. The SMILES string of the molecule is CC[C@@H](C)n1cc(C=Nn2c(C3CCCCC3)nc3ccc(Br)cc3c2=O)c2ccccc21. The third kappa shape index (κ3) is 4.17. The van der Waals surface area contributed by atoms with Gasteiger partial charge >= 0.3 is 0 Å². The van der Waals surface area contributed by atoms with Crippen molar-refractivity contribution in [2.45, 2.75) is 64.3 Å². The standard InChI is InChI=1S/C27H29BrN4O/c1-3-18(2)31-17-20(22-11-7-8-12-25(22)31)16-29-32-26(19-9-5-4-6-10-19)30-24-14-13-21(28)15-23(24)27(32)33/h7-8,11-19H,3-6,9-10H2,1-2H3/t18-/m1/s1. The van der Waals surface area contributed by atoms with Crippen LogP contribution in [0.3, 0.4) is 0 Å². The second kappa shape index (κ2) is 9.26. The number of rotatable bonds is 5. The summed E-state index contributed by atoms with van der Waals surface area (Å²) in [7, 11) is 0. The molecule has 1 saturated carbocycles. The molecule has 0 unspecified atom stereocenters. The van der Waals surface area contributed by atoms with Gasteiger partial charge in [0.05, 0.1) is 17.1 Å². The number of fused-ring (bicyclic) bond motifs is 2. The summed E-state index contributed by atoms with van der Waals surface area (Å²) in [5.74, 6) is 1.05. The molecule has 1 aliphatic carbocycles. The van der Waals surface area contributed by atoms with Gasteiger partial charge in [0.25, 0.3) is 5.56 Å². The first-order valence-corrected chi connectivity index (χ1v) is 12.7. The highest BCUT2D eigenvalue weighted by molar-refractivity contribution is 9.10. The quantitative estimate of drug-likeness (QED) is 0.274. The molecule has 2 heterocycles. The van der Waals surface area contributed by atoms with Crippen molar-refractivity contribution >= 4 is 44.0 Å². The van der Waals surface area contributed by atoms with Crippen molar-refractivity contribution in [2.75, 3.05) is 0 Å². The van der Waals surface area contributed by atoms with E-state index in [0.29, 0.717) is 11.4 Å². The molecule has 1 fully saturated rings. The van der Waals surface area contributed by atoms with Crippen LogP contribution in [0.5, 0.6) is 0 Å². The van der Waals surface area contributed by atoms with E-state index in [9.17, 15) is 4.79 Å². The molecule has 5 rings (SSSR count). The Bertz CT molecular complexity index is 1390. The van der Waals surface area contributed by atoms with E-state index >= 15 is 0 Å². The minimum atomic E-state index is -0.108. The molecule has 4 aromatic rings. The lowest BCUT2D eigenvalue weighted by molar-refractivity contribution is 0.416. The maximum atomic E-state index is 13.6. The average Bonchev–Trinajstić information content (AvgIpc) is 3.22. The van der Waals surface area contributed by atoms with Gasteiger partial charge in [-0.15, -0.1) is 0 Å². The second-order valence-electron chi connectivity index (χ2n) is 9.09. The highest BCUT2D eigenvalue weighted by Crippen LogP contribution is 2.32. The fourth-order valence-corrected chi connectivity index (χ4v) is 5.28. The van der Waals surface area contributed by atoms with Gasteiger partial charge in [-0.1, -0.05) is 60.3 Å². The lowest BCUT2D eigenvalue weighted by Crippen LogP contribution is -2.25. The van der Waals surface area contributed by atoms with E-state index in [4.69, 9.17) is 10.1 Å². The van der Waals surface area contributed by atoms with Gasteiger partial charge in [-0.2, -0.15) is 9.78 Å². The van der Waals surface area contributed by atoms with Crippen LogP contribution < -0.4 is 5.56 Å². The number of halogens is 1. The van der Waals surface area contributed by atoms with Gasteiger partial charge in [-0.3, -0.25) is 4.79 Å². The third-order valence-corrected chi connectivity index (χ3v) is 7.45. The molecule has 0 N–H and O–H groups in total. The van der Waals surface area contributed by atoms with Crippen LogP contribution in [0.4, 0.5) is 0 Å². The van der Waals surface area contributed by atoms with E-state index in [-0.39, 0.29) is 11.5 Å². The van der Waals surface area contributed by atoms with E-state index in [1.54, 1.807) is 4.68 Å². The van der Waals surface area contributed by atoms with Crippen molar-refractivity contribution in [2.24, 2.45) is 5.10 Å². The predicted octanol–water partition coefficient (Wildman–Crippen LogP) is 7.01. The number of para-hydroxylation sites is 1. The second-order valence-corrected chi connectivity index (χ2v) is 10.0. The van der Waals surface area contributed by atoms with Crippen LogP contribution in [0.15, 0.2) is 63.0 Å². The molecule has 2 aromatic heterocycles. The Kier molecular flexibility index (Phi) is 6.19. The summed E-state index contributed by atoms with van der Waals surface area (Å²) in [6.45, 7) is 4.42. The normalized spacial score (nSPS) is 16.2. The molecule has 0 saturated heterocycles. The number of hydrogen-bond acceptors (Lipinski definition) is 3. The highest BCUT2D eigenvalue weighted by Gasteiger charge is 2.22. The van der Waals surface area contributed by atoms with Crippen LogP contribution in [0.1, 0.15) is 75.7 Å². The Morgan fingerprint density at radius 2 is 1.94 bits per heavy atom. The zero-order valence-electron chi connectivity index (χ0n) is 19.2. The van der Waals surface area contributed by atoms with Crippen molar-refractivity contribution in [3.63, 3.8) is 0 Å². The van der Waals surface area contributed by atoms with Gasteiger partial charge in [-0.05, 0) is 50.5 Å². The largest absolute Gasteiger partial charge is 0.344 e. The van der Waals surface area contributed by atoms with Gasteiger partial charge < -0.3 is 4.57 Å². The molecule has 6 heteroatoms. The van der Waals surface area contributed by atoms with Gasteiger partial charge in [0.1, 0.15) is 5.82 Å². The lowest BCUT2D eigenvalue weighted by atomic mass is 9.88. The van der Waals surface area contributed by atoms with Crippen LogP contribution in [0, 0.1) is 0 Å². The van der Waals surface area contributed by atoms with Gasteiger partial charge in [-0.25, -0.2) is 4.98 Å². The summed E-state index contributed by atoms with van der Waals surface area (Å²) in [6, 6.07) is 14.5. The highest BCUT2D eigenvalue weighted by atomic mass is 79.9. The monoisotopic (exact) mass is 504 g/mol. The van der Waals surface area contributed by atoms with Crippen molar-refractivity contribution in [3.8, 4) is 0 Å². The van der Waals surface area contributed by atoms with Crippen LogP contribution in [-0.4, -0.2) is 20.4 Å². The van der Waals surface area contributed by atoms with E-state index in [0.717, 1.165) is 46.0 Å². The topological polar surface area (TPSA) is 52.2 Å². The summed E-state index contributed by atoms with van der Waals surface area (Å²) in [4.78, 5) is 18.5. The van der Waals surface area contributed by atoms with Gasteiger partial charge in [0.15, 0.2) is 0 Å². The first kappa shape index (κ1) is 22.1. The van der Waals surface area contributed by atoms with Crippen molar-refractivity contribution in [3.05, 3.63) is 74.9 Å². The van der Waals surface area contributed by atoms with Gasteiger partial charge in [0, 0.05) is 39.1 Å². The minimum Gasteiger partial charge on any atom is -0.344 e. The lowest BCUT2D eigenvalue weighted by Gasteiger charge is -2.22. The summed E-state index contributed by atoms with van der Waals surface area (Å²) in [5, 5.41) is 6.50. The number of hydrogen-bond donors (Lipinski definition) is 0. The molecular formula is C27H29BrN4O. The van der Waals surface area contributed by atoms with Crippen molar-refractivity contribution < 1.29 is 0 Å². The Hall–Kier alpha value is -2.73. The molecule has 1 aliphatic rings. The Morgan fingerprint density at radius 1 is 1.15 bits per heavy atom. The number of nitrogens with zero attached hydrogens (tertiary/aromatic N) is 4. The van der Waals surface area contributed by atoms with Crippen LogP contribution in [-0.2, 0) is 0 Å². The Labute approximate surface area is 202 Å². The summed E-state index contributed by atoms with van der Waals surface area (Å²) >= 11 is 3.50. The van der Waals surface area contributed by atoms with E-state index < -0.39 is 0 Å². The first-order valence-electron chi connectivity index (χ1n) is 11.9. The zero-order valence-corrected chi connectivity index (χ0v) is 20.8. The fraction of sp³-hybridized carbons (Fsp3) is 0.370. The summed E-state index contributed by atoms with van der Waals surface area (Å²) < 4.78 is 4.73.